The highest BCUT2D eigenvalue weighted by Gasteiger charge is 2.42. The number of hydrogen-bond acceptors (Lipinski definition) is 5. The van der Waals surface area contributed by atoms with Gasteiger partial charge in [0.05, 0.1) is 11.4 Å². The van der Waals surface area contributed by atoms with E-state index in [0.717, 1.165) is 44.8 Å². The topological polar surface area (TPSA) is 64.5 Å². The molecule has 0 saturated carbocycles. The Morgan fingerprint density at radius 1 is 0.308 bits per heavy atom. The standard InChI is InChI=1S/C60H41N5/c1-60(2)49-27-15-14-25-45(49)55-46(26-16-28-50(55)60)52-35-51(61-56(62-52)36-17-6-3-7-18-36)39-29-31-43-47(33-39)53-41-23-12-13-24-42(41)54(43)48-34-40(30-32-44(48)53)59-64-57(37-19-8-4-9-20-37)63-58(65-59)38-21-10-5-11-22-38/h3-35,53-54H,1-2H3. The monoisotopic (exact) mass is 831 g/mol. The van der Waals surface area contributed by atoms with E-state index in [-0.39, 0.29) is 17.3 Å². The van der Waals surface area contributed by atoms with Crippen LogP contribution in [0, 0.1) is 0 Å². The molecule has 0 aliphatic heterocycles. The third-order valence-electron chi connectivity index (χ3n) is 13.9. The van der Waals surface area contributed by atoms with E-state index >= 15 is 0 Å². The van der Waals surface area contributed by atoms with E-state index in [0.29, 0.717) is 23.3 Å². The summed E-state index contributed by atoms with van der Waals surface area (Å²) in [4.78, 5) is 25.8. The summed E-state index contributed by atoms with van der Waals surface area (Å²) in [6, 6.07) is 71.3. The zero-order valence-corrected chi connectivity index (χ0v) is 35.9. The van der Waals surface area contributed by atoms with Crippen molar-refractivity contribution in [3.63, 3.8) is 0 Å². The lowest BCUT2D eigenvalue weighted by atomic mass is 9.60. The molecule has 65 heavy (non-hydrogen) atoms. The van der Waals surface area contributed by atoms with Crippen LogP contribution in [0.25, 0.3) is 79.2 Å². The van der Waals surface area contributed by atoms with Crippen molar-refractivity contribution in [3.05, 3.63) is 245 Å². The summed E-state index contributed by atoms with van der Waals surface area (Å²) in [7, 11) is 0. The predicted octanol–water partition coefficient (Wildman–Crippen LogP) is 14.0. The number of aromatic nitrogens is 5. The number of nitrogens with zero attached hydrogens (tertiary/aromatic N) is 5. The third-order valence-corrected chi connectivity index (χ3v) is 13.9. The fourth-order valence-electron chi connectivity index (χ4n) is 10.9. The molecule has 2 heterocycles. The minimum Gasteiger partial charge on any atom is -0.228 e. The van der Waals surface area contributed by atoms with Crippen LogP contribution in [-0.4, -0.2) is 24.9 Å². The SMILES string of the molecule is CC1(C)c2ccccc2-c2c(-c3cc(-c4ccc5c(c4)C4c6ccccc6C5c5cc(-c6nc(-c7ccccc7)nc(-c7ccccc7)n6)ccc54)nc(-c4ccccc4)n3)cccc21. The smallest absolute Gasteiger partial charge is 0.164 e. The van der Waals surface area contributed by atoms with Gasteiger partial charge in [-0.25, -0.2) is 24.9 Å². The first-order valence-electron chi connectivity index (χ1n) is 22.4. The minimum absolute atomic E-state index is 0.0513. The van der Waals surface area contributed by atoms with Crippen LogP contribution in [-0.2, 0) is 5.41 Å². The van der Waals surface area contributed by atoms with Gasteiger partial charge in [0.1, 0.15) is 0 Å². The fourth-order valence-corrected chi connectivity index (χ4v) is 10.9. The maximum absolute atomic E-state index is 5.34. The van der Waals surface area contributed by atoms with Crippen LogP contribution < -0.4 is 0 Å². The average Bonchev–Trinajstić information content (AvgIpc) is 3.62. The second-order valence-electron chi connectivity index (χ2n) is 17.9. The van der Waals surface area contributed by atoms with E-state index in [1.807, 2.05) is 42.5 Å². The molecule has 0 radical (unpaired) electrons. The lowest BCUT2D eigenvalue weighted by Gasteiger charge is -2.42. The summed E-state index contributed by atoms with van der Waals surface area (Å²) in [5, 5.41) is 0. The van der Waals surface area contributed by atoms with Gasteiger partial charge in [-0.05, 0) is 73.8 Å². The summed E-state index contributed by atoms with van der Waals surface area (Å²) < 4.78 is 0. The van der Waals surface area contributed by atoms with Crippen LogP contribution in [0.3, 0.4) is 0 Å². The van der Waals surface area contributed by atoms with Crippen molar-refractivity contribution in [2.75, 3.05) is 0 Å². The van der Waals surface area contributed by atoms with Gasteiger partial charge in [0.25, 0.3) is 0 Å². The number of benzene rings is 8. The first-order valence-corrected chi connectivity index (χ1v) is 22.4. The third kappa shape index (κ3) is 5.89. The molecule has 306 valence electrons. The van der Waals surface area contributed by atoms with Gasteiger partial charge in [-0.15, -0.1) is 0 Å². The molecule has 4 aliphatic carbocycles. The first-order chi connectivity index (χ1) is 32.0. The summed E-state index contributed by atoms with van der Waals surface area (Å²) in [5.74, 6) is 2.80. The quantitative estimate of drug-likeness (QED) is 0.167. The maximum Gasteiger partial charge on any atom is 0.164 e. The highest BCUT2D eigenvalue weighted by atomic mass is 15.0. The molecule has 0 saturated heterocycles. The van der Waals surface area contributed by atoms with Crippen LogP contribution in [0.5, 0.6) is 0 Å². The van der Waals surface area contributed by atoms with Crippen LogP contribution in [0.2, 0.25) is 0 Å². The highest BCUT2D eigenvalue weighted by Crippen LogP contribution is 2.57. The molecule has 5 nitrogen and oxygen atoms in total. The van der Waals surface area contributed by atoms with Gasteiger partial charge in [-0.3, -0.25) is 0 Å². The van der Waals surface area contributed by atoms with Gasteiger partial charge in [0.2, 0.25) is 0 Å². The maximum atomic E-state index is 5.34. The number of rotatable bonds is 6. The molecule has 0 amide bonds. The molecule has 2 bridgehead atoms. The van der Waals surface area contributed by atoms with Crippen molar-refractivity contribution in [1.82, 2.24) is 24.9 Å². The Bertz CT molecular complexity index is 3470. The van der Waals surface area contributed by atoms with E-state index in [1.54, 1.807) is 0 Å². The first kappa shape index (κ1) is 37.4. The van der Waals surface area contributed by atoms with Gasteiger partial charge in [-0.2, -0.15) is 0 Å². The Morgan fingerprint density at radius 3 is 1.34 bits per heavy atom. The summed E-state index contributed by atoms with van der Waals surface area (Å²) >= 11 is 0. The molecular formula is C60H41N5. The molecular weight excluding hydrogens is 791 g/mol. The van der Waals surface area contributed by atoms with Crippen molar-refractivity contribution in [2.24, 2.45) is 0 Å². The highest BCUT2D eigenvalue weighted by molar-refractivity contribution is 5.92. The normalized spacial score (nSPS) is 15.7. The molecule has 0 spiro atoms. The summed E-state index contributed by atoms with van der Waals surface area (Å²) in [5.41, 5.74) is 21.0. The van der Waals surface area contributed by atoms with Crippen molar-refractivity contribution in [3.8, 4) is 79.2 Å². The van der Waals surface area contributed by atoms with E-state index < -0.39 is 0 Å². The lowest BCUT2D eigenvalue weighted by molar-refractivity contribution is 0.660. The molecule has 2 aromatic heterocycles. The van der Waals surface area contributed by atoms with Gasteiger partial charge in [0, 0.05) is 50.6 Å². The lowest BCUT2D eigenvalue weighted by Crippen LogP contribution is -2.27. The van der Waals surface area contributed by atoms with Crippen molar-refractivity contribution >= 4 is 0 Å². The van der Waals surface area contributed by atoms with Crippen molar-refractivity contribution in [2.45, 2.75) is 31.1 Å². The van der Waals surface area contributed by atoms with Crippen molar-refractivity contribution in [1.29, 1.82) is 0 Å². The van der Waals surface area contributed by atoms with E-state index in [1.165, 1.54) is 55.6 Å². The zero-order chi connectivity index (χ0) is 43.2. The van der Waals surface area contributed by atoms with E-state index in [9.17, 15) is 0 Å². The van der Waals surface area contributed by atoms with E-state index in [4.69, 9.17) is 24.9 Å². The Hall–Kier alpha value is -8.15. The number of fused-ring (bicyclic) bond motifs is 3. The van der Waals surface area contributed by atoms with Gasteiger partial charge < -0.3 is 0 Å². The van der Waals surface area contributed by atoms with Crippen LogP contribution in [0.15, 0.2) is 200 Å². The molecule has 2 unspecified atom stereocenters. The molecule has 0 N–H and O–H groups in total. The molecule has 5 heteroatoms. The predicted molar refractivity (Wildman–Crippen MR) is 260 cm³/mol. The molecule has 2 atom stereocenters. The Balaban J connectivity index is 0.953. The minimum atomic E-state index is -0.118. The summed E-state index contributed by atoms with van der Waals surface area (Å²) in [6.45, 7) is 4.66. The van der Waals surface area contributed by atoms with Gasteiger partial charge in [-0.1, -0.05) is 196 Å². The largest absolute Gasteiger partial charge is 0.228 e. The average molecular weight is 832 g/mol. The van der Waals surface area contributed by atoms with Crippen LogP contribution in [0.1, 0.15) is 70.2 Å². The fraction of sp³-hybridized carbons (Fsp3) is 0.0833. The van der Waals surface area contributed by atoms with Gasteiger partial charge in [0.15, 0.2) is 23.3 Å². The summed E-state index contributed by atoms with van der Waals surface area (Å²) in [6.07, 6.45) is 0. The zero-order valence-electron chi connectivity index (χ0n) is 35.9. The second kappa shape index (κ2) is 14.4. The number of hydrogen-bond donors (Lipinski definition) is 0. The van der Waals surface area contributed by atoms with Crippen LogP contribution >= 0.6 is 0 Å². The molecule has 4 aliphatic rings. The van der Waals surface area contributed by atoms with Gasteiger partial charge >= 0.3 is 0 Å². The molecule has 10 aromatic rings. The molecule has 0 fully saturated rings. The van der Waals surface area contributed by atoms with Crippen LogP contribution in [0.4, 0.5) is 0 Å². The Kier molecular flexibility index (Phi) is 8.31. The Morgan fingerprint density at radius 2 is 0.738 bits per heavy atom. The van der Waals surface area contributed by atoms with E-state index in [2.05, 4.69) is 172 Å². The van der Waals surface area contributed by atoms with Crippen molar-refractivity contribution < 1.29 is 0 Å². The Labute approximate surface area is 378 Å². The second-order valence-corrected chi connectivity index (χ2v) is 17.9. The molecule has 14 rings (SSSR count). The molecule has 8 aromatic carbocycles.